The third-order valence-corrected chi connectivity index (χ3v) is 5.27. The molecule has 134 valence electrons. The van der Waals surface area contributed by atoms with Crippen molar-refractivity contribution in [3.05, 3.63) is 23.2 Å². The number of carbonyl (C=O) groups excluding carboxylic acids is 2. The predicted molar refractivity (Wildman–Crippen MR) is 97.5 cm³/mol. The van der Waals surface area contributed by atoms with Crippen molar-refractivity contribution in [2.24, 2.45) is 4.99 Å². The number of nitrogens with one attached hydrogen (secondary N) is 1. The van der Waals surface area contributed by atoms with E-state index in [1.54, 1.807) is 18.2 Å². The first-order chi connectivity index (χ1) is 12.1. The Morgan fingerprint density at radius 3 is 2.96 bits per heavy atom. The Kier molecular flexibility index (Phi) is 5.82. The molecule has 0 unspecified atom stereocenters. The van der Waals surface area contributed by atoms with Crippen LogP contribution in [-0.2, 0) is 14.3 Å². The lowest BCUT2D eigenvalue weighted by Crippen LogP contribution is -2.39. The fourth-order valence-corrected chi connectivity index (χ4v) is 3.84. The summed E-state index contributed by atoms with van der Waals surface area (Å²) in [5, 5.41) is 3.39. The van der Waals surface area contributed by atoms with Gasteiger partial charge in [-0.25, -0.2) is 0 Å². The molecule has 2 aliphatic rings. The zero-order chi connectivity index (χ0) is 17.8. The van der Waals surface area contributed by atoms with E-state index in [0.717, 1.165) is 0 Å². The number of hydrogen-bond acceptors (Lipinski definition) is 6. The summed E-state index contributed by atoms with van der Waals surface area (Å²) in [6.07, 6.45) is 0.0382. The Labute approximate surface area is 154 Å². The number of hydrogen-bond donors (Lipinski definition) is 1. The smallest absolute Gasteiger partial charge is 0.262 e. The number of amidine groups is 1. The minimum Gasteiger partial charge on any atom is -0.495 e. The van der Waals surface area contributed by atoms with Crippen LogP contribution in [0.4, 0.5) is 5.69 Å². The number of thioether (sulfide) groups is 1. The summed E-state index contributed by atoms with van der Waals surface area (Å²) in [7, 11) is 1.51. The maximum absolute atomic E-state index is 12.3. The molecule has 1 fully saturated rings. The van der Waals surface area contributed by atoms with Gasteiger partial charge in [-0.2, -0.15) is 4.99 Å². The second-order valence-corrected chi connectivity index (χ2v) is 7.14. The average Bonchev–Trinajstić information content (AvgIpc) is 2.96. The Morgan fingerprint density at radius 2 is 2.24 bits per heavy atom. The van der Waals surface area contributed by atoms with Crippen molar-refractivity contribution >= 4 is 46.0 Å². The van der Waals surface area contributed by atoms with Crippen molar-refractivity contribution in [2.45, 2.75) is 11.7 Å². The third kappa shape index (κ3) is 4.45. The molecule has 1 atom stereocenters. The van der Waals surface area contributed by atoms with Gasteiger partial charge in [0.2, 0.25) is 5.91 Å². The fourth-order valence-electron chi connectivity index (χ4n) is 2.55. The first-order valence-electron chi connectivity index (χ1n) is 7.82. The lowest BCUT2D eigenvalue weighted by molar-refractivity contribution is -0.121. The minimum atomic E-state index is -0.511. The van der Waals surface area contributed by atoms with Gasteiger partial charge in [-0.15, -0.1) is 0 Å². The molecule has 0 saturated carbocycles. The molecule has 0 spiro atoms. The van der Waals surface area contributed by atoms with Crippen LogP contribution in [-0.4, -0.2) is 60.5 Å². The van der Waals surface area contributed by atoms with E-state index < -0.39 is 5.25 Å². The van der Waals surface area contributed by atoms with Gasteiger partial charge in [-0.1, -0.05) is 23.4 Å². The largest absolute Gasteiger partial charge is 0.495 e. The van der Waals surface area contributed by atoms with Gasteiger partial charge in [-0.05, 0) is 18.2 Å². The van der Waals surface area contributed by atoms with Crippen molar-refractivity contribution < 1.29 is 19.1 Å². The van der Waals surface area contributed by atoms with Gasteiger partial charge in [0.15, 0.2) is 5.17 Å². The zero-order valence-electron chi connectivity index (χ0n) is 13.7. The van der Waals surface area contributed by atoms with Gasteiger partial charge >= 0.3 is 0 Å². The molecule has 0 bridgehead atoms. The molecule has 25 heavy (non-hydrogen) atoms. The number of anilines is 1. The second-order valence-electron chi connectivity index (χ2n) is 5.54. The number of ether oxygens (including phenoxy) is 2. The summed E-state index contributed by atoms with van der Waals surface area (Å²) < 4.78 is 10.5. The van der Waals surface area contributed by atoms with Gasteiger partial charge in [-0.3, -0.25) is 9.59 Å². The highest BCUT2D eigenvalue weighted by atomic mass is 35.5. The summed E-state index contributed by atoms with van der Waals surface area (Å²) in [6.45, 7) is 2.65. The zero-order valence-corrected chi connectivity index (χ0v) is 15.2. The van der Waals surface area contributed by atoms with Crippen molar-refractivity contribution in [2.75, 3.05) is 38.7 Å². The normalized spacial score (nSPS) is 20.4. The number of nitrogens with zero attached hydrogens (tertiary/aromatic N) is 2. The van der Waals surface area contributed by atoms with E-state index in [2.05, 4.69) is 10.3 Å². The SMILES string of the molecule is COc1ccc(Cl)cc1NC(=O)C[C@@H]1SC(N2CCOCC2)=NC1=O. The van der Waals surface area contributed by atoms with Crippen LogP contribution in [0.3, 0.4) is 0 Å². The first kappa shape index (κ1) is 18.0. The average molecular weight is 384 g/mol. The monoisotopic (exact) mass is 383 g/mol. The van der Waals surface area contributed by atoms with Crippen molar-refractivity contribution in [1.82, 2.24) is 4.90 Å². The molecule has 0 aliphatic carbocycles. The van der Waals surface area contributed by atoms with Gasteiger partial charge in [0.25, 0.3) is 5.91 Å². The number of methoxy groups -OCH3 is 1. The van der Waals surface area contributed by atoms with Crippen LogP contribution >= 0.6 is 23.4 Å². The predicted octanol–water partition coefficient (Wildman–Crippen LogP) is 2.01. The number of rotatable bonds is 4. The van der Waals surface area contributed by atoms with Gasteiger partial charge < -0.3 is 19.7 Å². The van der Waals surface area contributed by atoms with E-state index in [1.165, 1.54) is 18.9 Å². The van der Waals surface area contributed by atoms with Crippen molar-refractivity contribution in [3.63, 3.8) is 0 Å². The standard InChI is InChI=1S/C16H18ClN3O4S/c1-23-12-3-2-10(17)8-11(12)18-14(21)9-13-15(22)19-16(25-13)20-4-6-24-7-5-20/h2-3,8,13H,4-7,9H2,1H3,(H,18,21)/t13-/m0/s1. The van der Waals surface area contributed by atoms with Gasteiger partial charge in [0, 0.05) is 24.5 Å². The van der Waals surface area contributed by atoms with E-state index in [1.807, 2.05) is 4.90 Å². The van der Waals surface area contributed by atoms with Crippen LogP contribution in [0.1, 0.15) is 6.42 Å². The Balaban J connectivity index is 1.59. The molecule has 1 N–H and O–H groups in total. The highest BCUT2D eigenvalue weighted by molar-refractivity contribution is 8.15. The minimum absolute atomic E-state index is 0.0382. The Bertz CT molecular complexity index is 707. The number of benzene rings is 1. The van der Waals surface area contributed by atoms with Crippen LogP contribution in [0.5, 0.6) is 5.75 Å². The quantitative estimate of drug-likeness (QED) is 0.856. The Morgan fingerprint density at radius 1 is 1.48 bits per heavy atom. The van der Waals surface area contributed by atoms with E-state index in [0.29, 0.717) is 47.9 Å². The lowest BCUT2D eigenvalue weighted by Gasteiger charge is -2.27. The molecular weight excluding hydrogens is 366 g/mol. The molecule has 2 aliphatic heterocycles. The highest BCUT2D eigenvalue weighted by Crippen LogP contribution is 2.30. The highest BCUT2D eigenvalue weighted by Gasteiger charge is 2.33. The molecule has 1 saturated heterocycles. The summed E-state index contributed by atoms with van der Waals surface area (Å²) in [5.41, 5.74) is 0.477. The number of amides is 2. The number of morpholine rings is 1. The fraction of sp³-hybridized carbons (Fsp3) is 0.438. The van der Waals surface area contributed by atoms with Crippen LogP contribution in [0.2, 0.25) is 5.02 Å². The summed E-state index contributed by atoms with van der Waals surface area (Å²) in [5.74, 6) is -0.0575. The van der Waals surface area contributed by atoms with E-state index in [-0.39, 0.29) is 18.2 Å². The molecule has 7 nitrogen and oxygen atoms in total. The first-order valence-corrected chi connectivity index (χ1v) is 9.08. The van der Waals surface area contributed by atoms with E-state index >= 15 is 0 Å². The maximum atomic E-state index is 12.3. The van der Waals surface area contributed by atoms with Crippen LogP contribution in [0.15, 0.2) is 23.2 Å². The number of aliphatic imine (C=N–C) groups is 1. The van der Waals surface area contributed by atoms with Crippen molar-refractivity contribution in [1.29, 1.82) is 0 Å². The topological polar surface area (TPSA) is 80.2 Å². The second kappa shape index (κ2) is 8.07. The Hall–Kier alpha value is -1.77. The molecule has 3 rings (SSSR count). The van der Waals surface area contributed by atoms with Crippen LogP contribution in [0, 0.1) is 0 Å². The number of carbonyl (C=O) groups is 2. The van der Waals surface area contributed by atoms with Crippen molar-refractivity contribution in [3.8, 4) is 5.75 Å². The summed E-state index contributed by atoms with van der Waals surface area (Å²) in [4.78, 5) is 30.5. The van der Waals surface area contributed by atoms with Crippen LogP contribution < -0.4 is 10.1 Å². The van der Waals surface area contributed by atoms with Gasteiger partial charge in [0.1, 0.15) is 11.0 Å². The van der Waals surface area contributed by atoms with E-state index in [9.17, 15) is 9.59 Å². The maximum Gasteiger partial charge on any atom is 0.262 e. The molecule has 1 aromatic rings. The van der Waals surface area contributed by atoms with Gasteiger partial charge in [0.05, 0.1) is 26.0 Å². The molecular formula is C16H18ClN3O4S. The third-order valence-electron chi connectivity index (χ3n) is 3.82. The molecule has 0 radical (unpaired) electrons. The summed E-state index contributed by atoms with van der Waals surface area (Å²) >= 11 is 7.29. The molecule has 9 heteroatoms. The molecule has 2 amide bonds. The number of halogens is 1. The van der Waals surface area contributed by atoms with Crippen LogP contribution in [0.25, 0.3) is 0 Å². The lowest BCUT2D eigenvalue weighted by atomic mass is 10.2. The molecule has 2 heterocycles. The van der Waals surface area contributed by atoms with E-state index in [4.69, 9.17) is 21.1 Å². The summed E-state index contributed by atoms with van der Waals surface area (Å²) in [6, 6.07) is 4.96. The molecule has 0 aromatic heterocycles. The molecule has 1 aromatic carbocycles.